The molecule has 1 aromatic rings. The Labute approximate surface area is 109 Å². The van der Waals surface area contributed by atoms with Gasteiger partial charge >= 0.3 is 0 Å². The fraction of sp³-hybridized carbons (Fsp3) is 0.600. The first-order chi connectivity index (χ1) is 8.83. The van der Waals surface area contributed by atoms with Crippen LogP contribution in [-0.2, 0) is 11.2 Å². The summed E-state index contributed by atoms with van der Waals surface area (Å²) >= 11 is 0. The van der Waals surface area contributed by atoms with Crippen LogP contribution in [0.4, 0.5) is 0 Å². The first-order valence-electron chi connectivity index (χ1n) is 6.91. The molecule has 1 saturated heterocycles. The van der Waals surface area contributed by atoms with Crippen molar-refractivity contribution in [3.63, 3.8) is 0 Å². The summed E-state index contributed by atoms with van der Waals surface area (Å²) in [6, 6.07) is 8.81. The number of morpholine rings is 1. The van der Waals surface area contributed by atoms with Gasteiger partial charge in [0.15, 0.2) is 0 Å². The second-order valence-electron chi connectivity index (χ2n) is 5.52. The van der Waals surface area contributed by atoms with Crippen LogP contribution in [0.3, 0.4) is 0 Å². The summed E-state index contributed by atoms with van der Waals surface area (Å²) in [5, 5.41) is 3.39. The monoisotopic (exact) mass is 246 g/mol. The number of nitrogens with one attached hydrogen (secondary N) is 1. The van der Waals surface area contributed by atoms with E-state index in [-0.39, 0.29) is 0 Å². The van der Waals surface area contributed by atoms with E-state index in [0.717, 1.165) is 38.7 Å². The lowest BCUT2D eigenvalue weighted by atomic mass is 9.77. The Bertz CT molecular complexity index is 401. The lowest BCUT2D eigenvalue weighted by Gasteiger charge is -2.35. The lowest BCUT2D eigenvalue weighted by Crippen LogP contribution is -2.45. The molecular formula is C15H22N2O. The summed E-state index contributed by atoms with van der Waals surface area (Å²) in [6.07, 6.45) is 1.60. The molecule has 1 N–H and O–H groups in total. The average molecular weight is 246 g/mol. The Morgan fingerprint density at radius 3 is 3.00 bits per heavy atom. The van der Waals surface area contributed by atoms with Crippen LogP contribution in [0, 0.1) is 0 Å². The Morgan fingerprint density at radius 1 is 1.33 bits per heavy atom. The van der Waals surface area contributed by atoms with Crippen molar-refractivity contribution >= 4 is 0 Å². The molecular weight excluding hydrogens is 224 g/mol. The molecule has 0 saturated carbocycles. The van der Waals surface area contributed by atoms with Gasteiger partial charge in [-0.3, -0.25) is 0 Å². The molecule has 2 unspecified atom stereocenters. The highest BCUT2D eigenvalue weighted by atomic mass is 16.5. The van der Waals surface area contributed by atoms with Gasteiger partial charge in [0.25, 0.3) is 0 Å². The van der Waals surface area contributed by atoms with E-state index in [1.54, 1.807) is 5.56 Å². The standard InChI is InChI=1S/C15H22N2O/c1-17(11-14-9-16-6-7-18-14)10-13-8-12-4-2-3-5-15(12)13/h2-5,13-14,16H,6-11H2,1H3. The van der Waals surface area contributed by atoms with Crippen LogP contribution in [-0.4, -0.2) is 50.8 Å². The summed E-state index contributed by atoms with van der Waals surface area (Å²) in [6.45, 7) is 5.02. The topological polar surface area (TPSA) is 24.5 Å². The zero-order valence-electron chi connectivity index (χ0n) is 11.1. The molecule has 2 aliphatic rings. The molecule has 3 heteroatoms. The fourth-order valence-corrected chi connectivity index (χ4v) is 3.06. The molecule has 0 bridgehead atoms. The van der Waals surface area contributed by atoms with Crippen molar-refractivity contribution in [1.29, 1.82) is 0 Å². The van der Waals surface area contributed by atoms with E-state index in [0.29, 0.717) is 6.10 Å². The van der Waals surface area contributed by atoms with Gasteiger partial charge in [-0.2, -0.15) is 0 Å². The van der Waals surface area contributed by atoms with Crippen LogP contribution in [0.1, 0.15) is 17.0 Å². The number of fused-ring (bicyclic) bond motifs is 1. The first-order valence-corrected chi connectivity index (χ1v) is 6.91. The minimum Gasteiger partial charge on any atom is -0.374 e. The summed E-state index contributed by atoms with van der Waals surface area (Å²) < 4.78 is 5.75. The van der Waals surface area contributed by atoms with Crippen LogP contribution < -0.4 is 5.32 Å². The maximum absolute atomic E-state index is 5.75. The van der Waals surface area contributed by atoms with E-state index in [4.69, 9.17) is 4.74 Å². The van der Waals surface area contributed by atoms with E-state index < -0.39 is 0 Å². The number of hydrogen-bond acceptors (Lipinski definition) is 3. The molecule has 98 valence electrons. The number of rotatable bonds is 4. The molecule has 1 aliphatic carbocycles. The normalized spacial score (nSPS) is 26.8. The molecule has 0 spiro atoms. The van der Waals surface area contributed by atoms with Crippen molar-refractivity contribution in [2.24, 2.45) is 0 Å². The third-order valence-corrected chi connectivity index (χ3v) is 4.01. The molecule has 1 fully saturated rings. The first kappa shape index (κ1) is 12.2. The van der Waals surface area contributed by atoms with Crippen LogP contribution in [0.2, 0.25) is 0 Å². The molecule has 2 atom stereocenters. The summed E-state index contributed by atoms with van der Waals surface area (Å²) in [7, 11) is 2.21. The average Bonchev–Trinajstić information content (AvgIpc) is 2.37. The SMILES string of the molecule is CN(CC1CNCCO1)CC1Cc2ccccc21. The van der Waals surface area contributed by atoms with Gasteiger partial charge in [0, 0.05) is 32.1 Å². The van der Waals surface area contributed by atoms with Crippen molar-refractivity contribution in [2.75, 3.05) is 39.8 Å². The second kappa shape index (κ2) is 5.39. The highest BCUT2D eigenvalue weighted by Crippen LogP contribution is 2.35. The molecule has 0 aromatic heterocycles. The Balaban J connectivity index is 1.49. The van der Waals surface area contributed by atoms with Gasteiger partial charge in [0.2, 0.25) is 0 Å². The molecule has 0 radical (unpaired) electrons. The largest absolute Gasteiger partial charge is 0.374 e. The number of hydrogen-bond donors (Lipinski definition) is 1. The van der Waals surface area contributed by atoms with Crippen molar-refractivity contribution in [3.8, 4) is 0 Å². The van der Waals surface area contributed by atoms with Crippen LogP contribution in [0.25, 0.3) is 0 Å². The van der Waals surface area contributed by atoms with Crippen LogP contribution >= 0.6 is 0 Å². The van der Waals surface area contributed by atoms with Crippen LogP contribution in [0.15, 0.2) is 24.3 Å². The van der Waals surface area contributed by atoms with E-state index in [1.807, 2.05) is 0 Å². The minimum absolute atomic E-state index is 0.360. The van der Waals surface area contributed by atoms with Gasteiger partial charge in [-0.15, -0.1) is 0 Å². The number of ether oxygens (including phenoxy) is 1. The molecule has 0 amide bonds. The van der Waals surface area contributed by atoms with Crippen LogP contribution in [0.5, 0.6) is 0 Å². The molecule has 3 rings (SSSR count). The van der Waals surface area contributed by atoms with Gasteiger partial charge in [0.1, 0.15) is 0 Å². The Kier molecular flexibility index (Phi) is 3.64. The maximum Gasteiger partial charge on any atom is 0.0826 e. The smallest absolute Gasteiger partial charge is 0.0826 e. The quantitative estimate of drug-likeness (QED) is 0.865. The van der Waals surface area contributed by atoms with Crippen molar-refractivity contribution in [3.05, 3.63) is 35.4 Å². The fourth-order valence-electron chi connectivity index (χ4n) is 3.06. The Morgan fingerprint density at radius 2 is 2.22 bits per heavy atom. The van der Waals surface area contributed by atoms with Gasteiger partial charge in [-0.25, -0.2) is 0 Å². The van der Waals surface area contributed by atoms with Gasteiger partial charge < -0.3 is 15.0 Å². The van der Waals surface area contributed by atoms with Crippen molar-refractivity contribution < 1.29 is 4.74 Å². The zero-order chi connectivity index (χ0) is 12.4. The third kappa shape index (κ3) is 2.58. The van der Waals surface area contributed by atoms with Crippen molar-refractivity contribution in [1.82, 2.24) is 10.2 Å². The van der Waals surface area contributed by atoms with E-state index in [9.17, 15) is 0 Å². The summed E-state index contributed by atoms with van der Waals surface area (Å²) in [4.78, 5) is 2.41. The van der Waals surface area contributed by atoms with E-state index >= 15 is 0 Å². The second-order valence-corrected chi connectivity index (χ2v) is 5.52. The highest BCUT2D eigenvalue weighted by molar-refractivity contribution is 5.40. The zero-order valence-corrected chi connectivity index (χ0v) is 11.1. The predicted octanol–water partition coefficient (Wildman–Crippen LogP) is 1.25. The number of benzene rings is 1. The van der Waals surface area contributed by atoms with Gasteiger partial charge in [0.05, 0.1) is 12.7 Å². The summed E-state index contributed by atoms with van der Waals surface area (Å²) in [5.74, 6) is 0.725. The predicted molar refractivity (Wildman–Crippen MR) is 73.0 cm³/mol. The summed E-state index contributed by atoms with van der Waals surface area (Å²) in [5.41, 5.74) is 3.08. The molecule has 1 aromatic carbocycles. The van der Waals surface area contributed by atoms with E-state index in [1.165, 1.54) is 12.0 Å². The Hall–Kier alpha value is -0.900. The van der Waals surface area contributed by atoms with Gasteiger partial charge in [-0.1, -0.05) is 24.3 Å². The third-order valence-electron chi connectivity index (χ3n) is 4.01. The maximum atomic E-state index is 5.75. The minimum atomic E-state index is 0.360. The van der Waals surface area contributed by atoms with E-state index in [2.05, 4.69) is 41.5 Å². The van der Waals surface area contributed by atoms with Crippen molar-refractivity contribution in [2.45, 2.75) is 18.4 Å². The number of nitrogens with zero attached hydrogens (tertiary/aromatic N) is 1. The highest BCUT2D eigenvalue weighted by Gasteiger charge is 2.27. The molecule has 18 heavy (non-hydrogen) atoms. The van der Waals surface area contributed by atoms with Gasteiger partial charge in [-0.05, 0) is 24.6 Å². The molecule has 1 aliphatic heterocycles. The molecule has 3 nitrogen and oxygen atoms in total. The molecule has 1 heterocycles. The number of likely N-dealkylation sites (N-methyl/N-ethyl adjacent to an activating group) is 1. The lowest BCUT2D eigenvalue weighted by molar-refractivity contribution is 0.00891.